The van der Waals surface area contributed by atoms with Gasteiger partial charge in [0.25, 0.3) is 10.0 Å². The summed E-state index contributed by atoms with van der Waals surface area (Å²) >= 11 is 0. The first-order valence-electron chi connectivity index (χ1n) is 10.7. The third-order valence-electron chi connectivity index (χ3n) is 5.04. The molecule has 0 atom stereocenters. The van der Waals surface area contributed by atoms with E-state index in [4.69, 9.17) is 18.9 Å². The molecule has 3 rings (SSSR count). The molecular weight excluding hydrogens is 531 g/mol. The smallest absolute Gasteiger partial charge is 0.504 e. The van der Waals surface area contributed by atoms with Gasteiger partial charge in [0.05, 0.1) is 39.0 Å². The Kier molecular flexibility index (Phi) is 8.51. The number of methoxy groups -OCH3 is 4. The monoisotopic (exact) mass is 555 g/mol. The molecule has 0 amide bonds. The zero-order valence-electron chi connectivity index (χ0n) is 20.6. The zero-order valence-corrected chi connectivity index (χ0v) is 21.4. The van der Waals surface area contributed by atoms with Crippen molar-refractivity contribution in [1.29, 1.82) is 0 Å². The average molecular weight is 556 g/mol. The molecule has 0 bridgehead atoms. The Morgan fingerprint density at radius 3 is 1.92 bits per heavy atom. The second kappa shape index (κ2) is 11.4. The molecule has 0 aliphatic carbocycles. The van der Waals surface area contributed by atoms with Crippen LogP contribution in [0, 0.1) is 0 Å². The summed E-state index contributed by atoms with van der Waals surface area (Å²) < 4.78 is 90.7. The maximum Gasteiger partial charge on any atom is 0.573 e. The van der Waals surface area contributed by atoms with E-state index in [2.05, 4.69) is 9.46 Å². The summed E-state index contributed by atoms with van der Waals surface area (Å²) in [4.78, 5) is -0.501. The summed E-state index contributed by atoms with van der Waals surface area (Å²) in [7, 11) is 1.21. The first-order valence-corrected chi connectivity index (χ1v) is 12.2. The van der Waals surface area contributed by atoms with Crippen LogP contribution in [0.3, 0.4) is 0 Å². The van der Waals surface area contributed by atoms with Gasteiger partial charge in [0.2, 0.25) is 5.75 Å². The van der Waals surface area contributed by atoms with Crippen LogP contribution in [0.5, 0.6) is 34.5 Å². The van der Waals surface area contributed by atoms with Gasteiger partial charge in [-0.15, -0.1) is 13.2 Å². The van der Waals surface area contributed by atoms with E-state index < -0.39 is 27.0 Å². The fourth-order valence-electron chi connectivity index (χ4n) is 3.45. The number of nitrogens with one attached hydrogen (secondary N) is 1. The number of rotatable bonds is 10. The number of ether oxygens (including phenoxy) is 5. The Morgan fingerprint density at radius 1 is 0.816 bits per heavy atom. The molecule has 0 saturated heterocycles. The minimum atomic E-state index is -5.00. The van der Waals surface area contributed by atoms with Crippen molar-refractivity contribution in [2.75, 3.05) is 33.2 Å². The lowest BCUT2D eigenvalue weighted by atomic mass is 10.1. The Balaban J connectivity index is 1.97. The number of sulfonamides is 1. The van der Waals surface area contributed by atoms with E-state index in [9.17, 15) is 26.7 Å². The van der Waals surface area contributed by atoms with Crippen LogP contribution in [0.2, 0.25) is 0 Å². The number of benzene rings is 3. The molecule has 0 radical (unpaired) electrons. The van der Waals surface area contributed by atoms with E-state index in [1.54, 1.807) is 24.3 Å². The number of phenols is 1. The van der Waals surface area contributed by atoms with Gasteiger partial charge in [-0.25, -0.2) is 8.42 Å². The molecular formula is C25H24F3NO8S. The van der Waals surface area contributed by atoms with Crippen molar-refractivity contribution in [1.82, 2.24) is 0 Å². The van der Waals surface area contributed by atoms with E-state index in [0.29, 0.717) is 28.4 Å². The molecule has 9 nitrogen and oxygen atoms in total. The van der Waals surface area contributed by atoms with Crippen molar-refractivity contribution in [2.45, 2.75) is 11.3 Å². The molecule has 0 unspecified atom stereocenters. The van der Waals surface area contributed by atoms with Gasteiger partial charge in [-0.3, -0.25) is 4.72 Å². The number of halogens is 3. The minimum Gasteiger partial charge on any atom is -0.504 e. The molecule has 38 heavy (non-hydrogen) atoms. The summed E-state index contributed by atoms with van der Waals surface area (Å²) in [6.07, 6.45) is -1.76. The van der Waals surface area contributed by atoms with Crippen LogP contribution in [0.15, 0.2) is 53.4 Å². The van der Waals surface area contributed by atoms with Crippen LogP contribution in [0.25, 0.3) is 12.2 Å². The molecule has 204 valence electrons. The van der Waals surface area contributed by atoms with Crippen LogP contribution in [0.1, 0.15) is 11.1 Å². The van der Waals surface area contributed by atoms with Gasteiger partial charge < -0.3 is 28.8 Å². The number of hydrogen-bond donors (Lipinski definition) is 2. The van der Waals surface area contributed by atoms with Crippen molar-refractivity contribution < 1.29 is 50.4 Å². The number of phenolic OH excluding ortho intramolecular Hbond substituents is 1. The lowest BCUT2D eigenvalue weighted by Crippen LogP contribution is -2.18. The summed E-state index contributed by atoms with van der Waals surface area (Å²) in [5, 5.41) is 10.4. The van der Waals surface area contributed by atoms with Crippen LogP contribution in [-0.4, -0.2) is 48.3 Å². The van der Waals surface area contributed by atoms with Gasteiger partial charge in [0.1, 0.15) is 5.75 Å². The first kappa shape index (κ1) is 28.3. The topological polar surface area (TPSA) is 113 Å². The highest BCUT2D eigenvalue weighted by molar-refractivity contribution is 7.92. The Morgan fingerprint density at radius 2 is 1.39 bits per heavy atom. The van der Waals surface area contributed by atoms with Crippen molar-refractivity contribution in [2.24, 2.45) is 0 Å². The highest BCUT2D eigenvalue weighted by Crippen LogP contribution is 2.40. The number of anilines is 1. The molecule has 3 aromatic rings. The quantitative estimate of drug-likeness (QED) is 0.325. The third kappa shape index (κ3) is 6.73. The van der Waals surface area contributed by atoms with Crippen molar-refractivity contribution in [3.63, 3.8) is 0 Å². The predicted octanol–water partition coefficient (Wildman–Crippen LogP) is 5.30. The highest BCUT2D eigenvalue weighted by Gasteiger charge is 2.31. The Hall–Kier alpha value is -4.26. The van der Waals surface area contributed by atoms with E-state index in [1.165, 1.54) is 40.6 Å². The summed E-state index contributed by atoms with van der Waals surface area (Å²) in [5.41, 5.74) is 0.849. The summed E-state index contributed by atoms with van der Waals surface area (Å²) in [6, 6.07) is 9.95. The van der Waals surface area contributed by atoms with Gasteiger partial charge in [0, 0.05) is 6.07 Å². The molecule has 0 aliphatic heterocycles. The lowest BCUT2D eigenvalue weighted by Gasteiger charge is -2.15. The molecule has 0 saturated carbocycles. The van der Waals surface area contributed by atoms with E-state index >= 15 is 0 Å². The minimum absolute atomic E-state index is 0.154. The second-order valence-corrected chi connectivity index (χ2v) is 9.22. The van der Waals surface area contributed by atoms with Crippen LogP contribution in [-0.2, 0) is 10.0 Å². The van der Waals surface area contributed by atoms with E-state index in [-0.39, 0.29) is 17.2 Å². The normalized spacial score (nSPS) is 11.8. The lowest BCUT2D eigenvalue weighted by molar-refractivity contribution is -0.274. The molecule has 3 aromatic carbocycles. The third-order valence-corrected chi connectivity index (χ3v) is 6.41. The molecule has 0 aromatic heterocycles. The maximum absolute atomic E-state index is 12.9. The standard InChI is InChI=1S/C25H24F3NO8S/c1-33-21-12-16(13-22(34-2)24(21)36-4)9-8-15-10-19(23(35-3)20(30)11-15)29-38(31,32)18-7-5-6-17(14-18)37-25(26,27)28/h5-14,29-30H,1-4H3. The van der Waals surface area contributed by atoms with Gasteiger partial charge in [0.15, 0.2) is 23.0 Å². The molecule has 0 fully saturated rings. The van der Waals surface area contributed by atoms with Crippen LogP contribution in [0.4, 0.5) is 18.9 Å². The van der Waals surface area contributed by atoms with Gasteiger partial charge in [-0.1, -0.05) is 18.2 Å². The van der Waals surface area contributed by atoms with Crippen molar-refractivity contribution in [3.05, 3.63) is 59.7 Å². The molecule has 0 spiro atoms. The van der Waals surface area contributed by atoms with Crippen LogP contribution >= 0.6 is 0 Å². The molecule has 0 aliphatic rings. The number of alkyl halides is 3. The molecule has 0 heterocycles. The molecule has 2 N–H and O–H groups in total. The maximum atomic E-state index is 12.9. The SMILES string of the molecule is COc1cc(C=Cc2cc(O)c(OC)c(NS(=O)(=O)c3cccc(OC(F)(F)F)c3)c2)cc(OC)c1OC. The summed E-state index contributed by atoms with van der Waals surface area (Å²) in [5.74, 6) is -0.0658. The van der Waals surface area contributed by atoms with Crippen LogP contribution < -0.4 is 28.4 Å². The predicted molar refractivity (Wildman–Crippen MR) is 134 cm³/mol. The highest BCUT2D eigenvalue weighted by atomic mass is 32.2. The van der Waals surface area contributed by atoms with Crippen molar-refractivity contribution in [3.8, 4) is 34.5 Å². The van der Waals surface area contributed by atoms with Gasteiger partial charge >= 0.3 is 6.36 Å². The fraction of sp³-hybridized carbons (Fsp3) is 0.200. The van der Waals surface area contributed by atoms with E-state index in [1.807, 2.05) is 0 Å². The second-order valence-electron chi connectivity index (χ2n) is 7.54. The fourth-order valence-corrected chi connectivity index (χ4v) is 4.54. The van der Waals surface area contributed by atoms with E-state index in [0.717, 1.165) is 24.3 Å². The largest absolute Gasteiger partial charge is 0.573 e. The Labute approximate surface area is 217 Å². The zero-order chi connectivity index (χ0) is 28.1. The van der Waals surface area contributed by atoms with Crippen molar-refractivity contribution >= 4 is 27.9 Å². The Bertz CT molecular complexity index is 1410. The first-order chi connectivity index (χ1) is 17.9. The summed E-state index contributed by atoms with van der Waals surface area (Å²) in [6.45, 7) is 0. The van der Waals surface area contributed by atoms with Gasteiger partial charge in [-0.05, 0) is 47.5 Å². The molecule has 13 heteroatoms. The number of aromatic hydroxyl groups is 1. The number of hydrogen-bond acceptors (Lipinski definition) is 8. The van der Waals surface area contributed by atoms with Gasteiger partial charge in [-0.2, -0.15) is 0 Å². The average Bonchev–Trinajstić information content (AvgIpc) is 2.85.